The van der Waals surface area contributed by atoms with E-state index in [-0.39, 0.29) is 10.8 Å². The summed E-state index contributed by atoms with van der Waals surface area (Å²) in [5, 5.41) is 0. The highest BCUT2D eigenvalue weighted by Gasteiger charge is 2.62. The summed E-state index contributed by atoms with van der Waals surface area (Å²) in [5.41, 5.74) is 1.90. The first-order chi connectivity index (χ1) is 9.33. The van der Waals surface area contributed by atoms with Crippen molar-refractivity contribution in [2.75, 3.05) is 0 Å². The van der Waals surface area contributed by atoms with Crippen molar-refractivity contribution in [2.24, 2.45) is 38.4 Å². The van der Waals surface area contributed by atoms with E-state index in [2.05, 4.69) is 90.0 Å². The Bertz CT molecular complexity index is 414. The molecule has 0 heterocycles. The van der Waals surface area contributed by atoms with E-state index in [1.165, 1.54) is 12.8 Å². The molecule has 0 aliphatic heterocycles. The summed E-state index contributed by atoms with van der Waals surface area (Å²) < 4.78 is 0. The van der Waals surface area contributed by atoms with Crippen LogP contribution >= 0.6 is 0 Å². The van der Waals surface area contributed by atoms with Crippen molar-refractivity contribution in [3.63, 3.8) is 0 Å². The van der Waals surface area contributed by atoms with Gasteiger partial charge in [-0.1, -0.05) is 90.0 Å². The van der Waals surface area contributed by atoms with Gasteiger partial charge in [-0.3, -0.25) is 0 Å². The molecule has 1 saturated carbocycles. The minimum atomic E-state index is 0.278. The minimum Gasteiger partial charge on any atom is -0.0620 e. The van der Waals surface area contributed by atoms with E-state index in [0.717, 1.165) is 0 Å². The lowest BCUT2D eigenvalue weighted by atomic mass is 9.37. The van der Waals surface area contributed by atoms with E-state index < -0.39 is 0 Å². The first-order valence-corrected chi connectivity index (χ1v) is 9.33. The Kier molecular flexibility index (Phi) is 4.55. The van der Waals surface area contributed by atoms with Crippen molar-refractivity contribution < 1.29 is 0 Å². The third kappa shape index (κ3) is 2.57. The van der Waals surface area contributed by atoms with Gasteiger partial charge in [0, 0.05) is 0 Å². The molecule has 0 aromatic carbocycles. The highest BCUT2D eigenvalue weighted by atomic mass is 14.7. The van der Waals surface area contributed by atoms with Crippen LogP contribution < -0.4 is 0 Å². The summed E-state index contributed by atoms with van der Waals surface area (Å²) in [6, 6.07) is 0. The van der Waals surface area contributed by atoms with Gasteiger partial charge in [0.25, 0.3) is 0 Å². The fourth-order valence-electron chi connectivity index (χ4n) is 6.16. The molecule has 0 radical (unpaired) electrons. The summed E-state index contributed by atoms with van der Waals surface area (Å²) in [7, 11) is 0. The van der Waals surface area contributed by atoms with Crippen molar-refractivity contribution in [2.45, 2.75) is 103 Å². The van der Waals surface area contributed by atoms with Crippen LogP contribution in [0.5, 0.6) is 0 Å². The Morgan fingerprint density at radius 2 is 1.09 bits per heavy atom. The first kappa shape index (κ1) is 20.0. The third-order valence-corrected chi connectivity index (χ3v) is 8.91. The van der Waals surface area contributed by atoms with E-state index in [1.807, 2.05) is 0 Å². The molecule has 0 bridgehead atoms. The van der Waals surface area contributed by atoms with Gasteiger partial charge < -0.3 is 0 Å². The van der Waals surface area contributed by atoms with Gasteiger partial charge in [-0.2, -0.15) is 0 Å². The summed E-state index contributed by atoms with van der Waals surface area (Å²) in [6.07, 6.45) is 2.60. The molecule has 0 aromatic heterocycles. The van der Waals surface area contributed by atoms with Crippen LogP contribution in [0.3, 0.4) is 0 Å². The Balaban J connectivity index is 3.65. The third-order valence-electron chi connectivity index (χ3n) is 8.91. The molecule has 132 valence electrons. The van der Waals surface area contributed by atoms with Gasteiger partial charge in [0.2, 0.25) is 0 Å². The summed E-state index contributed by atoms with van der Waals surface area (Å²) in [4.78, 5) is 0. The van der Waals surface area contributed by atoms with Crippen molar-refractivity contribution in [3.05, 3.63) is 0 Å². The van der Waals surface area contributed by atoms with Crippen LogP contribution in [0, 0.1) is 38.4 Å². The molecule has 0 nitrogen and oxygen atoms in total. The molecule has 0 saturated heterocycles. The second-order valence-electron chi connectivity index (χ2n) is 12.0. The minimum absolute atomic E-state index is 0.278. The monoisotopic (exact) mass is 308 g/mol. The van der Waals surface area contributed by atoms with Gasteiger partial charge >= 0.3 is 0 Å². The van der Waals surface area contributed by atoms with Crippen molar-refractivity contribution in [3.8, 4) is 0 Å². The van der Waals surface area contributed by atoms with Gasteiger partial charge in [-0.25, -0.2) is 0 Å². The Morgan fingerprint density at radius 1 is 0.682 bits per heavy atom. The maximum Gasteiger partial charge on any atom is -0.0172 e. The molecule has 1 fully saturated rings. The van der Waals surface area contributed by atoms with E-state index in [9.17, 15) is 0 Å². The number of hydrogen-bond donors (Lipinski definition) is 0. The number of hydrogen-bond acceptors (Lipinski definition) is 0. The lowest BCUT2D eigenvalue weighted by molar-refractivity contribution is -0.189. The average Bonchev–Trinajstić information content (AvgIpc) is 2.22. The van der Waals surface area contributed by atoms with Gasteiger partial charge in [-0.15, -0.1) is 0 Å². The van der Waals surface area contributed by atoms with Gasteiger partial charge in [0.05, 0.1) is 0 Å². The first-order valence-electron chi connectivity index (χ1n) is 9.33. The van der Waals surface area contributed by atoms with Crippen molar-refractivity contribution in [1.82, 2.24) is 0 Å². The van der Waals surface area contributed by atoms with Crippen LogP contribution in [0.2, 0.25) is 0 Å². The molecule has 1 rings (SSSR count). The maximum absolute atomic E-state index is 2.58. The second-order valence-corrected chi connectivity index (χ2v) is 12.0. The molecule has 22 heavy (non-hydrogen) atoms. The van der Waals surface area contributed by atoms with Crippen LogP contribution in [0.15, 0.2) is 0 Å². The zero-order chi connectivity index (χ0) is 18.0. The van der Waals surface area contributed by atoms with Gasteiger partial charge in [-0.05, 0) is 51.2 Å². The molecule has 0 heteroatoms. The average molecular weight is 309 g/mol. The molecule has 0 spiro atoms. The van der Waals surface area contributed by atoms with Crippen molar-refractivity contribution in [1.29, 1.82) is 0 Å². The normalized spacial score (nSPS) is 37.2. The van der Waals surface area contributed by atoms with Gasteiger partial charge in [0.1, 0.15) is 0 Å². The van der Waals surface area contributed by atoms with Crippen LogP contribution in [0.25, 0.3) is 0 Å². The Hall–Kier alpha value is 0. The van der Waals surface area contributed by atoms with E-state index in [4.69, 9.17) is 0 Å². The molecule has 2 unspecified atom stereocenters. The predicted octanol–water partition coefficient (Wildman–Crippen LogP) is 7.57. The zero-order valence-corrected chi connectivity index (χ0v) is 18.0. The second kappa shape index (κ2) is 5.00. The Labute approximate surface area is 141 Å². The fraction of sp³-hybridized carbons (Fsp3) is 1.00. The zero-order valence-electron chi connectivity index (χ0n) is 18.0. The van der Waals surface area contributed by atoms with Crippen LogP contribution in [-0.4, -0.2) is 0 Å². The maximum atomic E-state index is 2.58. The fourth-order valence-corrected chi connectivity index (χ4v) is 6.16. The van der Waals surface area contributed by atoms with Crippen LogP contribution in [0.1, 0.15) is 103 Å². The Morgan fingerprint density at radius 3 is 1.45 bits per heavy atom. The molecular formula is C22H44. The lowest BCUT2D eigenvalue weighted by Crippen LogP contribution is -2.60. The quantitative estimate of drug-likeness (QED) is 0.433. The van der Waals surface area contributed by atoms with Crippen LogP contribution in [-0.2, 0) is 0 Å². The highest BCUT2D eigenvalue weighted by Crippen LogP contribution is 2.70. The SMILES string of the molecule is CC1CC(C)(C)C(C)(C)CC(C)(C)C(C)(C(C)(C)C)C1(C)C. The summed E-state index contributed by atoms with van der Waals surface area (Å²) in [5.74, 6) is 0.713. The summed E-state index contributed by atoms with van der Waals surface area (Å²) in [6.45, 7) is 32.6. The molecule has 0 aromatic rings. The molecule has 0 amide bonds. The van der Waals surface area contributed by atoms with Crippen molar-refractivity contribution >= 4 is 0 Å². The molecular weight excluding hydrogens is 264 g/mol. The van der Waals surface area contributed by atoms with E-state index in [0.29, 0.717) is 27.6 Å². The number of rotatable bonds is 0. The topological polar surface area (TPSA) is 0 Å². The molecule has 1 aliphatic rings. The highest BCUT2D eigenvalue weighted by molar-refractivity contribution is 5.11. The van der Waals surface area contributed by atoms with E-state index in [1.54, 1.807) is 0 Å². The standard InChI is InChI=1S/C22H44/c1-16-14-18(5,6)19(7,8)15-20(9,10)22(13,17(2,3)4)21(16,11)12/h16H,14-15H2,1-13H3. The van der Waals surface area contributed by atoms with Crippen LogP contribution in [0.4, 0.5) is 0 Å². The lowest BCUT2D eigenvalue weighted by Gasteiger charge is -2.67. The van der Waals surface area contributed by atoms with Gasteiger partial charge in [0.15, 0.2) is 0 Å². The summed E-state index contributed by atoms with van der Waals surface area (Å²) >= 11 is 0. The molecule has 2 atom stereocenters. The largest absolute Gasteiger partial charge is 0.0620 e. The predicted molar refractivity (Wildman–Crippen MR) is 101 cm³/mol. The van der Waals surface area contributed by atoms with E-state index >= 15 is 0 Å². The molecule has 1 aliphatic carbocycles. The smallest absolute Gasteiger partial charge is 0.0172 e. The molecule has 0 N–H and O–H groups in total.